The maximum atomic E-state index is 14.7. The molecule has 2 fully saturated rings. The summed E-state index contributed by atoms with van der Waals surface area (Å²) in [5.41, 5.74) is 0.743. The molecule has 0 unspecified atom stereocenters. The molecule has 0 saturated heterocycles. The summed E-state index contributed by atoms with van der Waals surface area (Å²) in [7, 11) is 2.00. The highest BCUT2D eigenvalue weighted by Gasteiger charge is 2.24. The molecule has 3 rings (SSSR count). The number of hydrogen-bond donors (Lipinski definition) is 1. The SMILES string of the molecule is CN(c1nccc(CNC2CC2)c1F)C1CCCCCC1. The number of aromatic nitrogens is 1. The van der Waals surface area contributed by atoms with Gasteiger partial charge in [-0.15, -0.1) is 0 Å². The van der Waals surface area contributed by atoms with Gasteiger partial charge in [0.1, 0.15) is 0 Å². The Bertz CT molecular complexity index is 465. The molecule has 1 aromatic heterocycles. The van der Waals surface area contributed by atoms with E-state index in [4.69, 9.17) is 0 Å². The average Bonchev–Trinajstić information content (AvgIpc) is 3.32. The first-order valence-corrected chi connectivity index (χ1v) is 8.35. The molecule has 0 aromatic carbocycles. The van der Waals surface area contributed by atoms with Crippen LogP contribution < -0.4 is 10.2 Å². The molecule has 1 aromatic rings. The third-order valence-electron chi connectivity index (χ3n) is 4.82. The molecule has 0 bridgehead atoms. The van der Waals surface area contributed by atoms with Crippen LogP contribution in [0.5, 0.6) is 0 Å². The largest absolute Gasteiger partial charge is 0.354 e. The molecule has 116 valence electrons. The van der Waals surface area contributed by atoms with E-state index in [0.29, 0.717) is 24.4 Å². The molecule has 1 N–H and O–H groups in total. The van der Waals surface area contributed by atoms with E-state index in [-0.39, 0.29) is 5.82 Å². The van der Waals surface area contributed by atoms with Crippen LogP contribution in [-0.4, -0.2) is 24.1 Å². The fourth-order valence-electron chi connectivity index (χ4n) is 3.21. The second-order valence-electron chi connectivity index (χ2n) is 6.52. The van der Waals surface area contributed by atoms with E-state index in [1.54, 1.807) is 12.3 Å². The summed E-state index contributed by atoms with van der Waals surface area (Å²) >= 11 is 0. The fraction of sp³-hybridized carbons (Fsp3) is 0.706. The second kappa shape index (κ2) is 6.73. The number of nitrogens with zero attached hydrogens (tertiary/aromatic N) is 2. The van der Waals surface area contributed by atoms with Crippen LogP contribution in [0.3, 0.4) is 0 Å². The van der Waals surface area contributed by atoms with E-state index in [1.807, 2.05) is 7.05 Å². The summed E-state index contributed by atoms with van der Waals surface area (Å²) in [4.78, 5) is 6.38. The number of anilines is 1. The maximum Gasteiger partial charge on any atom is 0.170 e. The Morgan fingerprint density at radius 1 is 1.19 bits per heavy atom. The van der Waals surface area contributed by atoms with E-state index in [9.17, 15) is 4.39 Å². The number of hydrogen-bond acceptors (Lipinski definition) is 3. The molecule has 2 saturated carbocycles. The summed E-state index contributed by atoms with van der Waals surface area (Å²) < 4.78 is 14.7. The third kappa shape index (κ3) is 3.73. The van der Waals surface area contributed by atoms with Crippen LogP contribution in [0.15, 0.2) is 12.3 Å². The highest BCUT2D eigenvalue weighted by atomic mass is 19.1. The Labute approximate surface area is 126 Å². The molecular formula is C17H26FN3. The zero-order valence-corrected chi connectivity index (χ0v) is 12.9. The van der Waals surface area contributed by atoms with E-state index in [2.05, 4.69) is 15.2 Å². The molecule has 21 heavy (non-hydrogen) atoms. The molecule has 2 aliphatic carbocycles. The van der Waals surface area contributed by atoms with Crippen molar-refractivity contribution in [1.82, 2.24) is 10.3 Å². The lowest BCUT2D eigenvalue weighted by atomic mass is 10.1. The van der Waals surface area contributed by atoms with Gasteiger partial charge in [0.25, 0.3) is 0 Å². The Morgan fingerprint density at radius 3 is 2.57 bits per heavy atom. The smallest absolute Gasteiger partial charge is 0.170 e. The van der Waals surface area contributed by atoms with Crippen LogP contribution in [0.25, 0.3) is 0 Å². The van der Waals surface area contributed by atoms with E-state index < -0.39 is 0 Å². The summed E-state index contributed by atoms with van der Waals surface area (Å²) in [5.74, 6) is 0.384. The fourth-order valence-corrected chi connectivity index (χ4v) is 3.21. The molecule has 2 aliphatic rings. The zero-order chi connectivity index (χ0) is 14.7. The van der Waals surface area contributed by atoms with Crippen LogP contribution in [-0.2, 0) is 6.54 Å². The first kappa shape index (κ1) is 14.8. The monoisotopic (exact) mass is 291 g/mol. The molecule has 0 amide bonds. The summed E-state index contributed by atoms with van der Waals surface area (Å²) in [6, 6.07) is 2.83. The number of halogens is 1. The highest BCUT2D eigenvalue weighted by molar-refractivity contribution is 5.43. The van der Waals surface area contributed by atoms with Crippen molar-refractivity contribution in [3.05, 3.63) is 23.6 Å². The predicted molar refractivity (Wildman–Crippen MR) is 83.9 cm³/mol. The van der Waals surface area contributed by atoms with E-state index in [0.717, 1.165) is 18.4 Å². The Morgan fingerprint density at radius 2 is 1.90 bits per heavy atom. The Balaban J connectivity index is 1.71. The number of rotatable bonds is 5. The minimum atomic E-state index is -0.141. The van der Waals surface area contributed by atoms with Gasteiger partial charge in [0.2, 0.25) is 0 Å². The maximum absolute atomic E-state index is 14.7. The van der Waals surface area contributed by atoms with Crippen LogP contribution in [0.4, 0.5) is 10.2 Å². The van der Waals surface area contributed by atoms with E-state index >= 15 is 0 Å². The molecule has 0 spiro atoms. The predicted octanol–water partition coefficient (Wildman–Crippen LogP) is 3.63. The minimum absolute atomic E-state index is 0.141. The van der Waals surface area contributed by atoms with Crippen LogP contribution in [0, 0.1) is 5.82 Å². The summed E-state index contributed by atoms with van der Waals surface area (Å²) in [5, 5.41) is 3.38. The van der Waals surface area contributed by atoms with Gasteiger partial charge in [-0.1, -0.05) is 25.7 Å². The topological polar surface area (TPSA) is 28.2 Å². The molecule has 3 nitrogen and oxygen atoms in total. The van der Waals surface area contributed by atoms with Crippen molar-refractivity contribution >= 4 is 5.82 Å². The van der Waals surface area contributed by atoms with Crippen molar-refractivity contribution in [1.29, 1.82) is 0 Å². The highest BCUT2D eigenvalue weighted by Crippen LogP contribution is 2.27. The molecule has 0 radical (unpaired) electrons. The Hall–Kier alpha value is -1.16. The van der Waals surface area contributed by atoms with Gasteiger partial charge >= 0.3 is 0 Å². The Kier molecular flexibility index (Phi) is 4.73. The normalized spacial score (nSPS) is 20.3. The zero-order valence-electron chi connectivity index (χ0n) is 12.9. The number of pyridine rings is 1. The average molecular weight is 291 g/mol. The number of nitrogens with one attached hydrogen (secondary N) is 1. The van der Waals surface area contributed by atoms with Gasteiger partial charge in [-0.05, 0) is 31.7 Å². The van der Waals surface area contributed by atoms with Crippen molar-refractivity contribution in [2.75, 3.05) is 11.9 Å². The van der Waals surface area contributed by atoms with Crippen molar-refractivity contribution in [3.63, 3.8) is 0 Å². The van der Waals surface area contributed by atoms with Crippen molar-refractivity contribution in [2.24, 2.45) is 0 Å². The first-order chi connectivity index (χ1) is 10.3. The van der Waals surface area contributed by atoms with Crippen molar-refractivity contribution < 1.29 is 4.39 Å². The van der Waals surface area contributed by atoms with Gasteiger partial charge in [-0.2, -0.15) is 0 Å². The van der Waals surface area contributed by atoms with Gasteiger partial charge in [0.15, 0.2) is 11.6 Å². The lowest BCUT2D eigenvalue weighted by molar-refractivity contribution is 0.525. The van der Waals surface area contributed by atoms with Crippen LogP contribution in [0.2, 0.25) is 0 Å². The first-order valence-electron chi connectivity index (χ1n) is 8.35. The van der Waals surface area contributed by atoms with Crippen LogP contribution in [0.1, 0.15) is 56.9 Å². The van der Waals surface area contributed by atoms with Crippen molar-refractivity contribution in [2.45, 2.75) is 70.0 Å². The van der Waals surface area contributed by atoms with Crippen LogP contribution >= 0.6 is 0 Å². The van der Waals surface area contributed by atoms with Gasteiger partial charge in [-0.3, -0.25) is 0 Å². The quantitative estimate of drug-likeness (QED) is 0.840. The molecule has 4 heteroatoms. The van der Waals surface area contributed by atoms with Gasteiger partial charge in [0, 0.05) is 37.4 Å². The van der Waals surface area contributed by atoms with Crippen molar-refractivity contribution in [3.8, 4) is 0 Å². The second-order valence-corrected chi connectivity index (χ2v) is 6.52. The van der Waals surface area contributed by atoms with Gasteiger partial charge in [0.05, 0.1) is 0 Å². The molecule has 1 heterocycles. The lowest BCUT2D eigenvalue weighted by Gasteiger charge is -2.29. The van der Waals surface area contributed by atoms with Gasteiger partial charge in [-0.25, -0.2) is 9.37 Å². The third-order valence-corrected chi connectivity index (χ3v) is 4.82. The molecular weight excluding hydrogens is 265 g/mol. The van der Waals surface area contributed by atoms with Gasteiger partial charge < -0.3 is 10.2 Å². The molecule has 0 aliphatic heterocycles. The lowest BCUT2D eigenvalue weighted by Crippen LogP contribution is -2.33. The minimum Gasteiger partial charge on any atom is -0.354 e. The summed E-state index contributed by atoms with van der Waals surface area (Å²) in [6.45, 7) is 0.616. The molecule has 0 atom stereocenters. The standard InChI is InChI=1S/C17H26FN3/c1-21(15-6-4-2-3-5-7-15)17-16(18)13(10-11-19-17)12-20-14-8-9-14/h10-11,14-15,20H,2-9,12H2,1H3. The summed E-state index contributed by atoms with van der Waals surface area (Å²) in [6.07, 6.45) is 11.6. The van der Waals surface area contributed by atoms with E-state index in [1.165, 1.54) is 38.5 Å².